The fraction of sp³-hybridized carbons (Fsp3) is 0.409. The fourth-order valence-corrected chi connectivity index (χ4v) is 3.93. The van der Waals surface area contributed by atoms with E-state index in [2.05, 4.69) is 52.7 Å². The van der Waals surface area contributed by atoms with Crippen molar-refractivity contribution >= 4 is 6.03 Å². The molecule has 2 amide bonds. The highest BCUT2D eigenvalue weighted by Gasteiger charge is 2.21. The zero-order chi connectivity index (χ0) is 18.6. The first-order valence-corrected chi connectivity index (χ1v) is 9.79. The van der Waals surface area contributed by atoms with Gasteiger partial charge in [0.15, 0.2) is 0 Å². The van der Waals surface area contributed by atoms with E-state index < -0.39 is 0 Å². The number of rotatable bonds is 3. The van der Waals surface area contributed by atoms with Gasteiger partial charge in [-0.2, -0.15) is 0 Å². The monoisotopic (exact) mass is 365 g/mol. The molecule has 1 N–H and O–H groups in total. The number of nitrogens with one attached hydrogen (secondary N) is 1. The van der Waals surface area contributed by atoms with Crippen LogP contribution in [0.15, 0.2) is 42.5 Å². The SMILES string of the molecule is CCNC(=O)N1CCOc2ccc(CN3CCc4ccccc4C3)cc2C1. The van der Waals surface area contributed by atoms with Gasteiger partial charge < -0.3 is 15.0 Å². The van der Waals surface area contributed by atoms with Crippen LogP contribution in [0.1, 0.15) is 29.2 Å². The molecule has 27 heavy (non-hydrogen) atoms. The third-order valence-corrected chi connectivity index (χ3v) is 5.34. The summed E-state index contributed by atoms with van der Waals surface area (Å²) in [7, 11) is 0. The lowest BCUT2D eigenvalue weighted by atomic mass is 9.99. The minimum atomic E-state index is -0.0213. The molecule has 2 aromatic carbocycles. The molecule has 0 saturated heterocycles. The van der Waals surface area contributed by atoms with Crippen molar-refractivity contribution in [2.24, 2.45) is 0 Å². The van der Waals surface area contributed by atoms with E-state index in [4.69, 9.17) is 4.74 Å². The standard InChI is InChI=1S/C22H27N3O2/c1-2-23-22(26)25-11-12-27-21-8-7-17(13-20(21)16-25)14-24-10-9-18-5-3-4-6-19(18)15-24/h3-8,13H,2,9-12,14-16H2,1H3,(H,23,26). The predicted molar refractivity (Wildman–Crippen MR) is 106 cm³/mol. The Bertz CT molecular complexity index is 821. The van der Waals surface area contributed by atoms with E-state index in [0.717, 1.165) is 37.4 Å². The van der Waals surface area contributed by atoms with Crippen LogP contribution in [-0.2, 0) is 26.1 Å². The fourth-order valence-electron chi connectivity index (χ4n) is 3.93. The third kappa shape index (κ3) is 4.08. The molecule has 5 heteroatoms. The summed E-state index contributed by atoms with van der Waals surface area (Å²) in [6.45, 7) is 7.31. The van der Waals surface area contributed by atoms with Crippen molar-refractivity contribution in [3.05, 3.63) is 64.7 Å². The van der Waals surface area contributed by atoms with Gasteiger partial charge in [-0.3, -0.25) is 4.90 Å². The van der Waals surface area contributed by atoms with Gasteiger partial charge in [0, 0.05) is 31.7 Å². The van der Waals surface area contributed by atoms with Gasteiger partial charge in [-0.25, -0.2) is 4.79 Å². The van der Waals surface area contributed by atoms with Crippen LogP contribution in [0.2, 0.25) is 0 Å². The maximum atomic E-state index is 12.2. The quantitative estimate of drug-likeness (QED) is 0.909. The largest absolute Gasteiger partial charge is 0.491 e. The third-order valence-electron chi connectivity index (χ3n) is 5.34. The molecular formula is C22H27N3O2. The predicted octanol–water partition coefficient (Wildman–Crippen LogP) is 3.17. The van der Waals surface area contributed by atoms with Crippen LogP contribution < -0.4 is 10.1 Å². The second kappa shape index (κ2) is 8.01. The number of nitrogens with zero attached hydrogens (tertiary/aromatic N) is 2. The Morgan fingerprint density at radius 2 is 1.93 bits per heavy atom. The minimum absolute atomic E-state index is 0.0213. The number of hydrogen-bond donors (Lipinski definition) is 1. The van der Waals surface area contributed by atoms with Crippen molar-refractivity contribution in [2.75, 3.05) is 26.2 Å². The van der Waals surface area contributed by atoms with Crippen LogP contribution >= 0.6 is 0 Å². The van der Waals surface area contributed by atoms with E-state index in [1.165, 1.54) is 16.7 Å². The molecule has 2 aliphatic heterocycles. The molecule has 0 unspecified atom stereocenters. The highest BCUT2D eigenvalue weighted by atomic mass is 16.5. The van der Waals surface area contributed by atoms with Gasteiger partial charge in [-0.15, -0.1) is 0 Å². The maximum Gasteiger partial charge on any atom is 0.317 e. The highest BCUT2D eigenvalue weighted by Crippen LogP contribution is 2.26. The van der Waals surface area contributed by atoms with Gasteiger partial charge in [0.05, 0.1) is 13.1 Å². The molecule has 142 valence electrons. The van der Waals surface area contributed by atoms with Crippen molar-refractivity contribution in [2.45, 2.75) is 33.0 Å². The molecule has 0 bridgehead atoms. The van der Waals surface area contributed by atoms with Gasteiger partial charge in [0.1, 0.15) is 12.4 Å². The summed E-state index contributed by atoms with van der Waals surface area (Å²) in [4.78, 5) is 16.5. The average molecular weight is 365 g/mol. The molecule has 0 fully saturated rings. The van der Waals surface area contributed by atoms with Gasteiger partial charge in [0.2, 0.25) is 0 Å². The zero-order valence-electron chi connectivity index (χ0n) is 15.9. The Morgan fingerprint density at radius 1 is 1.07 bits per heavy atom. The average Bonchev–Trinajstić information content (AvgIpc) is 2.90. The number of benzene rings is 2. The Balaban J connectivity index is 1.47. The van der Waals surface area contributed by atoms with Crippen molar-refractivity contribution in [1.82, 2.24) is 15.1 Å². The lowest BCUT2D eigenvalue weighted by Crippen LogP contribution is -2.40. The van der Waals surface area contributed by atoms with Crippen molar-refractivity contribution in [1.29, 1.82) is 0 Å². The molecule has 0 radical (unpaired) electrons. The molecular weight excluding hydrogens is 338 g/mol. The van der Waals surface area contributed by atoms with E-state index in [1.54, 1.807) is 0 Å². The van der Waals surface area contributed by atoms with Crippen LogP contribution in [-0.4, -0.2) is 42.1 Å². The van der Waals surface area contributed by atoms with Crippen LogP contribution in [0.3, 0.4) is 0 Å². The van der Waals surface area contributed by atoms with Crippen LogP contribution in [0, 0.1) is 0 Å². The van der Waals surface area contributed by atoms with Crippen LogP contribution in [0.5, 0.6) is 5.75 Å². The van der Waals surface area contributed by atoms with E-state index in [-0.39, 0.29) is 6.03 Å². The van der Waals surface area contributed by atoms with Gasteiger partial charge in [-0.05, 0) is 42.2 Å². The molecule has 2 heterocycles. The first-order chi connectivity index (χ1) is 13.2. The Hall–Kier alpha value is -2.53. The zero-order valence-corrected chi connectivity index (χ0v) is 15.9. The summed E-state index contributed by atoms with van der Waals surface area (Å²) in [5, 5.41) is 2.89. The summed E-state index contributed by atoms with van der Waals surface area (Å²) >= 11 is 0. The van der Waals surface area contributed by atoms with E-state index >= 15 is 0 Å². The first kappa shape index (κ1) is 17.9. The van der Waals surface area contributed by atoms with Gasteiger partial charge >= 0.3 is 6.03 Å². The lowest BCUT2D eigenvalue weighted by molar-refractivity contribution is 0.188. The molecule has 4 rings (SSSR count). The molecule has 5 nitrogen and oxygen atoms in total. The van der Waals surface area contributed by atoms with Crippen molar-refractivity contribution in [3.8, 4) is 5.75 Å². The van der Waals surface area contributed by atoms with Gasteiger partial charge in [0.25, 0.3) is 0 Å². The second-order valence-electron chi connectivity index (χ2n) is 7.28. The van der Waals surface area contributed by atoms with E-state index in [9.17, 15) is 4.79 Å². The highest BCUT2D eigenvalue weighted by molar-refractivity contribution is 5.74. The number of carbonyl (C=O) groups excluding carboxylic acids is 1. The lowest BCUT2D eigenvalue weighted by Gasteiger charge is -2.29. The summed E-state index contributed by atoms with van der Waals surface area (Å²) in [5.41, 5.74) is 5.27. The maximum absolute atomic E-state index is 12.2. The number of fused-ring (bicyclic) bond motifs is 2. The van der Waals surface area contributed by atoms with Crippen molar-refractivity contribution in [3.63, 3.8) is 0 Å². The summed E-state index contributed by atoms with van der Waals surface area (Å²) in [6, 6.07) is 15.1. The molecule has 0 aromatic heterocycles. The molecule has 0 atom stereocenters. The Morgan fingerprint density at radius 3 is 2.78 bits per heavy atom. The minimum Gasteiger partial charge on any atom is -0.491 e. The number of carbonyl (C=O) groups is 1. The summed E-state index contributed by atoms with van der Waals surface area (Å²) in [5.74, 6) is 0.898. The summed E-state index contributed by atoms with van der Waals surface area (Å²) < 4.78 is 5.86. The summed E-state index contributed by atoms with van der Waals surface area (Å²) in [6.07, 6.45) is 1.11. The molecule has 0 spiro atoms. The number of urea groups is 1. The molecule has 0 saturated carbocycles. The van der Waals surface area contributed by atoms with Crippen LogP contribution in [0.25, 0.3) is 0 Å². The normalized spacial score (nSPS) is 16.7. The smallest absolute Gasteiger partial charge is 0.317 e. The first-order valence-electron chi connectivity index (χ1n) is 9.79. The second-order valence-corrected chi connectivity index (χ2v) is 7.28. The van der Waals surface area contributed by atoms with E-state index in [1.807, 2.05) is 11.8 Å². The van der Waals surface area contributed by atoms with Crippen molar-refractivity contribution < 1.29 is 9.53 Å². The number of amides is 2. The molecule has 0 aliphatic carbocycles. The van der Waals surface area contributed by atoms with E-state index in [0.29, 0.717) is 26.2 Å². The molecule has 2 aliphatic rings. The Labute approximate surface area is 160 Å². The molecule has 2 aromatic rings. The van der Waals surface area contributed by atoms with Gasteiger partial charge in [-0.1, -0.05) is 30.3 Å². The topological polar surface area (TPSA) is 44.8 Å². The number of hydrogen-bond acceptors (Lipinski definition) is 3. The Kier molecular flexibility index (Phi) is 5.30. The van der Waals surface area contributed by atoms with Crippen LogP contribution in [0.4, 0.5) is 4.79 Å². The number of ether oxygens (including phenoxy) is 1.